The van der Waals surface area contributed by atoms with E-state index in [1.807, 2.05) is 13.8 Å². The first kappa shape index (κ1) is 13.5. The second-order valence-electron chi connectivity index (χ2n) is 4.09. The van der Waals surface area contributed by atoms with Gasteiger partial charge in [0.2, 0.25) is 0 Å². The van der Waals surface area contributed by atoms with Crippen LogP contribution in [0.4, 0.5) is 14.5 Å². The molecule has 1 aromatic carbocycles. The molecule has 0 saturated carbocycles. The Morgan fingerprint density at radius 3 is 2.74 bits per heavy atom. The Bertz CT molecular complexity index is 602. The number of nitrogen functional groups attached to an aromatic ring is 1. The van der Waals surface area contributed by atoms with Crippen LogP contribution in [0.25, 0.3) is 10.9 Å². The molecule has 2 aromatic rings. The molecule has 3 N–H and O–H groups in total. The van der Waals surface area contributed by atoms with Gasteiger partial charge in [-0.25, -0.2) is 4.98 Å². The molecule has 0 aliphatic rings. The van der Waals surface area contributed by atoms with E-state index in [2.05, 4.69) is 15.1 Å². The molecular formula is C13H15F2N3O. The number of hydrogen-bond donors (Lipinski definition) is 2. The van der Waals surface area contributed by atoms with E-state index in [0.29, 0.717) is 23.0 Å². The number of nitrogens with two attached hydrogens (primary N) is 1. The lowest BCUT2D eigenvalue weighted by Crippen LogP contribution is -2.11. The minimum Gasteiger partial charge on any atom is -0.432 e. The fourth-order valence-corrected chi connectivity index (χ4v) is 2.13. The van der Waals surface area contributed by atoms with Gasteiger partial charge in [-0.1, -0.05) is 19.1 Å². The van der Waals surface area contributed by atoms with E-state index in [9.17, 15) is 8.78 Å². The first-order valence-electron chi connectivity index (χ1n) is 5.92. The first-order valence-corrected chi connectivity index (χ1v) is 5.92. The molecule has 2 rings (SSSR count). The predicted molar refractivity (Wildman–Crippen MR) is 70.3 cm³/mol. The maximum absolute atomic E-state index is 12.4. The molecule has 1 aromatic heterocycles. The van der Waals surface area contributed by atoms with Crippen LogP contribution in [-0.4, -0.2) is 11.6 Å². The summed E-state index contributed by atoms with van der Waals surface area (Å²) >= 11 is 0. The number of pyridine rings is 1. The summed E-state index contributed by atoms with van der Waals surface area (Å²) in [5, 5.41) is 0.662. The number of anilines is 1. The topological polar surface area (TPSA) is 60.2 Å². The third-order valence-electron chi connectivity index (χ3n) is 3.02. The minimum absolute atomic E-state index is 0.0544. The monoisotopic (exact) mass is 267 g/mol. The zero-order valence-electron chi connectivity index (χ0n) is 10.7. The second-order valence-corrected chi connectivity index (χ2v) is 4.09. The zero-order chi connectivity index (χ0) is 14.0. The number of halogens is 2. The lowest BCUT2D eigenvalue weighted by molar-refractivity contribution is -0.0489. The number of rotatable bonds is 4. The van der Waals surface area contributed by atoms with Crippen molar-refractivity contribution in [1.82, 2.24) is 4.98 Å². The number of hydrogen-bond acceptors (Lipinski definition) is 4. The van der Waals surface area contributed by atoms with Gasteiger partial charge in [0.05, 0.1) is 5.69 Å². The number of ether oxygens (including phenoxy) is 1. The van der Waals surface area contributed by atoms with Crippen molar-refractivity contribution in [3.63, 3.8) is 0 Å². The third kappa shape index (κ3) is 2.44. The van der Waals surface area contributed by atoms with Crippen molar-refractivity contribution in [3.05, 3.63) is 29.5 Å². The Morgan fingerprint density at radius 2 is 2.16 bits per heavy atom. The average molecular weight is 267 g/mol. The highest BCUT2D eigenvalue weighted by atomic mass is 19.3. The molecule has 19 heavy (non-hydrogen) atoms. The molecule has 6 heteroatoms. The fraction of sp³-hybridized carbons (Fsp3) is 0.308. The molecule has 0 saturated heterocycles. The van der Waals surface area contributed by atoms with Gasteiger partial charge in [0, 0.05) is 11.1 Å². The molecule has 0 unspecified atom stereocenters. The van der Waals surface area contributed by atoms with Crippen LogP contribution in [0.1, 0.15) is 18.2 Å². The number of para-hydroxylation sites is 1. The van der Waals surface area contributed by atoms with Crippen LogP contribution in [0.5, 0.6) is 5.75 Å². The van der Waals surface area contributed by atoms with Crippen molar-refractivity contribution in [2.24, 2.45) is 5.84 Å². The summed E-state index contributed by atoms with van der Waals surface area (Å²) in [6.07, 6.45) is 0.680. The Balaban J connectivity index is 2.74. The lowest BCUT2D eigenvalue weighted by Gasteiger charge is -2.15. The fourth-order valence-electron chi connectivity index (χ4n) is 2.13. The van der Waals surface area contributed by atoms with E-state index in [1.54, 1.807) is 12.1 Å². The summed E-state index contributed by atoms with van der Waals surface area (Å²) in [6.45, 7) is 0.951. The molecular weight excluding hydrogens is 252 g/mol. The molecule has 0 aliphatic heterocycles. The lowest BCUT2D eigenvalue weighted by atomic mass is 10.1. The molecule has 0 aliphatic carbocycles. The first-order chi connectivity index (χ1) is 9.08. The van der Waals surface area contributed by atoms with E-state index in [4.69, 9.17) is 5.84 Å². The van der Waals surface area contributed by atoms with Crippen molar-refractivity contribution in [2.45, 2.75) is 26.9 Å². The predicted octanol–water partition coefficient (Wildman–Crippen LogP) is 2.99. The second kappa shape index (κ2) is 5.36. The van der Waals surface area contributed by atoms with Gasteiger partial charge in [0.25, 0.3) is 0 Å². The van der Waals surface area contributed by atoms with Crippen LogP contribution in [0, 0.1) is 6.92 Å². The van der Waals surface area contributed by atoms with Crippen LogP contribution in [0.15, 0.2) is 18.2 Å². The normalized spacial score (nSPS) is 11.1. The quantitative estimate of drug-likeness (QED) is 0.660. The number of fused-ring (bicyclic) bond motifs is 1. The van der Waals surface area contributed by atoms with Crippen molar-refractivity contribution in [2.75, 3.05) is 5.43 Å². The van der Waals surface area contributed by atoms with Gasteiger partial charge in [0.15, 0.2) is 5.75 Å². The van der Waals surface area contributed by atoms with Crippen LogP contribution in [0.3, 0.4) is 0 Å². The average Bonchev–Trinajstić information content (AvgIpc) is 2.38. The van der Waals surface area contributed by atoms with Gasteiger partial charge >= 0.3 is 6.61 Å². The molecule has 102 valence electrons. The number of hydrazine groups is 1. The number of aromatic nitrogens is 1. The smallest absolute Gasteiger partial charge is 0.387 e. The van der Waals surface area contributed by atoms with E-state index < -0.39 is 6.61 Å². The standard InChI is InChI=1S/C13H15F2N3O/c1-3-9-7(2)11(18-16)8-5-4-6-10(12(8)17-9)19-13(14)15/h4-6,13H,3,16H2,1-2H3,(H,17,18). The van der Waals surface area contributed by atoms with Gasteiger partial charge in [0.1, 0.15) is 5.52 Å². The Labute approximate surface area is 109 Å². The van der Waals surface area contributed by atoms with Gasteiger partial charge in [-0.3, -0.25) is 5.84 Å². The van der Waals surface area contributed by atoms with E-state index in [1.165, 1.54) is 6.07 Å². The van der Waals surface area contributed by atoms with Crippen molar-refractivity contribution >= 4 is 16.6 Å². The maximum Gasteiger partial charge on any atom is 0.387 e. The molecule has 4 nitrogen and oxygen atoms in total. The highest BCUT2D eigenvalue weighted by molar-refractivity contribution is 5.96. The number of alkyl halides is 2. The molecule has 0 radical (unpaired) electrons. The Morgan fingerprint density at radius 1 is 1.42 bits per heavy atom. The molecule has 0 amide bonds. The van der Waals surface area contributed by atoms with Crippen molar-refractivity contribution in [3.8, 4) is 5.75 Å². The van der Waals surface area contributed by atoms with Crippen molar-refractivity contribution < 1.29 is 13.5 Å². The largest absolute Gasteiger partial charge is 0.432 e. The summed E-state index contributed by atoms with van der Waals surface area (Å²) < 4.78 is 29.3. The summed E-state index contributed by atoms with van der Waals surface area (Å²) in [5.41, 5.74) is 5.39. The molecule has 0 spiro atoms. The van der Waals surface area contributed by atoms with Crippen LogP contribution < -0.4 is 16.0 Å². The number of aryl methyl sites for hydroxylation is 1. The number of benzene rings is 1. The van der Waals surface area contributed by atoms with E-state index in [-0.39, 0.29) is 5.75 Å². The zero-order valence-corrected chi connectivity index (χ0v) is 10.7. The van der Waals surface area contributed by atoms with Crippen LogP contribution >= 0.6 is 0 Å². The molecule has 0 bridgehead atoms. The number of nitrogens with zero attached hydrogens (tertiary/aromatic N) is 1. The molecule has 0 fully saturated rings. The van der Waals surface area contributed by atoms with Crippen molar-refractivity contribution in [1.29, 1.82) is 0 Å². The van der Waals surface area contributed by atoms with E-state index in [0.717, 1.165) is 11.3 Å². The molecule has 0 atom stereocenters. The Kier molecular flexibility index (Phi) is 3.80. The summed E-state index contributed by atoms with van der Waals surface area (Å²) in [7, 11) is 0. The summed E-state index contributed by atoms with van der Waals surface area (Å²) in [4.78, 5) is 4.40. The highest BCUT2D eigenvalue weighted by Crippen LogP contribution is 2.33. The third-order valence-corrected chi connectivity index (χ3v) is 3.02. The van der Waals surface area contributed by atoms with Gasteiger partial charge in [-0.15, -0.1) is 0 Å². The highest BCUT2D eigenvalue weighted by Gasteiger charge is 2.15. The number of nitrogens with one attached hydrogen (secondary N) is 1. The summed E-state index contributed by atoms with van der Waals surface area (Å²) in [6, 6.07) is 4.87. The SMILES string of the molecule is CCc1nc2c(OC(F)F)cccc2c(NN)c1C. The Hall–Kier alpha value is -1.95. The molecule has 1 heterocycles. The maximum atomic E-state index is 12.4. The van der Waals surface area contributed by atoms with Gasteiger partial charge < -0.3 is 10.2 Å². The minimum atomic E-state index is -2.88. The van der Waals surface area contributed by atoms with Gasteiger partial charge in [-0.05, 0) is 25.0 Å². The van der Waals surface area contributed by atoms with E-state index >= 15 is 0 Å². The van der Waals surface area contributed by atoms with Crippen LogP contribution in [-0.2, 0) is 6.42 Å². The van der Waals surface area contributed by atoms with Gasteiger partial charge in [-0.2, -0.15) is 8.78 Å². The summed E-state index contributed by atoms with van der Waals surface area (Å²) in [5.74, 6) is 5.58. The van der Waals surface area contributed by atoms with Crippen LogP contribution in [0.2, 0.25) is 0 Å².